The summed E-state index contributed by atoms with van der Waals surface area (Å²) in [6, 6.07) is 5.58. The van der Waals surface area contributed by atoms with Crippen molar-refractivity contribution in [1.82, 2.24) is 4.90 Å². The average molecular weight is 279 g/mol. The van der Waals surface area contributed by atoms with Crippen molar-refractivity contribution in [3.05, 3.63) is 54.1 Å². The second-order valence-electron chi connectivity index (χ2n) is 4.14. The number of rotatable bonds is 7. The smallest absolute Gasteiger partial charge is 0.242 e. The van der Waals surface area contributed by atoms with Gasteiger partial charge in [-0.2, -0.15) is 0 Å². The molecule has 0 aromatic heterocycles. The minimum absolute atomic E-state index is 0.000763. The van der Waals surface area contributed by atoms with Crippen LogP contribution in [0.25, 0.3) is 0 Å². The van der Waals surface area contributed by atoms with E-state index in [1.165, 1.54) is 0 Å². The Labute approximate surface area is 119 Å². The van der Waals surface area contributed by atoms with Crippen LogP contribution in [0.3, 0.4) is 0 Å². The molecule has 0 saturated heterocycles. The first-order chi connectivity index (χ1) is 9.10. The fraction of sp³-hybridized carbons (Fsp3) is 0.267. The van der Waals surface area contributed by atoms with Crippen LogP contribution in [0.2, 0.25) is 5.02 Å². The van der Waals surface area contributed by atoms with Crippen LogP contribution >= 0.6 is 11.6 Å². The summed E-state index contributed by atoms with van der Waals surface area (Å²) in [5, 5.41) is 3.79. The fourth-order valence-electron chi connectivity index (χ4n) is 1.67. The van der Waals surface area contributed by atoms with Gasteiger partial charge in [-0.25, -0.2) is 0 Å². The van der Waals surface area contributed by atoms with Crippen molar-refractivity contribution in [2.75, 3.05) is 25.0 Å². The van der Waals surface area contributed by atoms with Crippen molar-refractivity contribution in [1.29, 1.82) is 0 Å². The van der Waals surface area contributed by atoms with Crippen LogP contribution in [0.4, 0.5) is 5.69 Å². The quantitative estimate of drug-likeness (QED) is 0.777. The van der Waals surface area contributed by atoms with Crippen molar-refractivity contribution in [2.24, 2.45) is 0 Å². The number of benzene rings is 1. The predicted molar refractivity (Wildman–Crippen MR) is 81.7 cm³/mol. The highest BCUT2D eigenvalue weighted by atomic mass is 35.5. The highest BCUT2D eigenvalue weighted by Gasteiger charge is 2.11. The molecular formula is C15H19ClN2O. The van der Waals surface area contributed by atoms with E-state index < -0.39 is 0 Å². The standard InChI is InChI=1S/C15H19ClN2O/c1-4-9-18(10-5-2)15(19)11-17-14-8-6-7-13(16)12(14)3/h4-8,17H,1-2,9-11H2,3H3. The van der Waals surface area contributed by atoms with E-state index in [9.17, 15) is 4.79 Å². The molecule has 19 heavy (non-hydrogen) atoms. The van der Waals surface area contributed by atoms with Gasteiger partial charge in [-0.15, -0.1) is 13.2 Å². The Morgan fingerprint density at radius 3 is 2.58 bits per heavy atom. The lowest BCUT2D eigenvalue weighted by Gasteiger charge is -2.20. The molecule has 0 bridgehead atoms. The zero-order valence-electron chi connectivity index (χ0n) is 11.2. The Morgan fingerprint density at radius 1 is 1.37 bits per heavy atom. The summed E-state index contributed by atoms with van der Waals surface area (Å²) >= 11 is 6.03. The summed E-state index contributed by atoms with van der Waals surface area (Å²) in [6.45, 7) is 10.5. The molecule has 0 saturated carbocycles. The molecule has 0 atom stereocenters. The first-order valence-electron chi connectivity index (χ1n) is 6.08. The SMILES string of the molecule is C=CCN(CC=C)C(=O)CNc1cccc(Cl)c1C. The summed E-state index contributed by atoms with van der Waals surface area (Å²) in [7, 11) is 0. The molecule has 0 spiro atoms. The van der Waals surface area contributed by atoms with Gasteiger partial charge in [0.2, 0.25) is 5.91 Å². The largest absolute Gasteiger partial charge is 0.376 e. The number of nitrogens with one attached hydrogen (secondary N) is 1. The van der Waals surface area contributed by atoms with Crippen LogP contribution in [-0.2, 0) is 4.79 Å². The van der Waals surface area contributed by atoms with Gasteiger partial charge in [0.15, 0.2) is 0 Å². The van der Waals surface area contributed by atoms with E-state index in [0.29, 0.717) is 18.1 Å². The van der Waals surface area contributed by atoms with Crippen LogP contribution in [0, 0.1) is 6.92 Å². The monoisotopic (exact) mass is 278 g/mol. The second kappa shape index (κ2) is 7.64. The maximum Gasteiger partial charge on any atom is 0.242 e. The van der Waals surface area contributed by atoms with Crippen molar-refractivity contribution in [3.63, 3.8) is 0 Å². The number of nitrogens with zero attached hydrogens (tertiary/aromatic N) is 1. The van der Waals surface area contributed by atoms with E-state index in [1.807, 2.05) is 25.1 Å². The maximum atomic E-state index is 12.0. The van der Waals surface area contributed by atoms with Crippen molar-refractivity contribution >= 4 is 23.2 Å². The number of amides is 1. The molecule has 0 aliphatic rings. The molecule has 1 rings (SSSR count). The molecule has 0 heterocycles. The molecule has 0 radical (unpaired) electrons. The van der Waals surface area contributed by atoms with Gasteiger partial charge in [0, 0.05) is 23.8 Å². The number of halogens is 1. The number of carbonyl (C=O) groups is 1. The number of anilines is 1. The van der Waals surface area contributed by atoms with Gasteiger partial charge in [0.25, 0.3) is 0 Å². The molecule has 0 unspecified atom stereocenters. The van der Waals surface area contributed by atoms with Gasteiger partial charge >= 0.3 is 0 Å². The van der Waals surface area contributed by atoms with Crippen LogP contribution in [0.1, 0.15) is 5.56 Å². The van der Waals surface area contributed by atoms with Crippen LogP contribution < -0.4 is 5.32 Å². The minimum Gasteiger partial charge on any atom is -0.376 e. The maximum absolute atomic E-state index is 12.0. The van der Waals surface area contributed by atoms with Crippen LogP contribution in [-0.4, -0.2) is 30.4 Å². The topological polar surface area (TPSA) is 32.3 Å². The highest BCUT2D eigenvalue weighted by molar-refractivity contribution is 6.31. The van der Waals surface area contributed by atoms with Gasteiger partial charge < -0.3 is 10.2 Å². The van der Waals surface area contributed by atoms with E-state index >= 15 is 0 Å². The Bertz CT molecular complexity index is 461. The van der Waals surface area contributed by atoms with E-state index in [4.69, 9.17) is 11.6 Å². The molecular weight excluding hydrogens is 260 g/mol. The van der Waals surface area contributed by atoms with Gasteiger partial charge in [0.1, 0.15) is 0 Å². The Morgan fingerprint density at radius 2 is 2.00 bits per heavy atom. The van der Waals surface area contributed by atoms with Crippen molar-refractivity contribution in [2.45, 2.75) is 6.92 Å². The first-order valence-corrected chi connectivity index (χ1v) is 6.46. The number of hydrogen-bond donors (Lipinski definition) is 1. The van der Waals surface area contributed by atoms with Gasteiger partial charge in [0.05, 0.1) is 6.54 Å². The Hall–Kier alpha value is -1.74. The summed E-state index contributed by atoms with van der Waals surface area (Å²) < 4.78 is 0. The van der Waals surface area contributed by atoms with Crippen LogP contribution in [0.15, 0.2) is 43.5 Å². The van der Waals surface area contributed by atoms with Gasteiger partial charge in [-0.05, 0) is 24.6 Å². The zero-order valence-corrected chi connectivity index (χ0v) is 11.9. The molecule has 4 heteroatoms. The molecule has 0 fully saturated rings. The Balaban J connectivity index is 2.64. The molecule has 1 N–H and O–H groups in total. The lowest BCUT2D eigenvalue weighted by atomic mass is 10.2. The highest BCUT2D eigenvalue weighted by Crippen LogP contribution is 2.22. The normalized spacial score (nSPS) is 9.79. The summed E-state index contributed by atoms with van der Waals surface area (Å²) in [4.78, 5) is 13.7. The van der Waals surface area contributed by atoms with Gasteiger partial charge in [-0.1, -0.05) is 29.8 Å². The van der Waals surface area contributed by atoms with E-state index in [2.05, 4.69) is 18.5 Å². The summed E-state index contributed by atoms with van der Waals surface area (Å²) in [5.74, 6) is -0.000763. The molecule has 0 aliphatic carbocycles. The second-order valence-corrected chi connectivity index (χ2v) is 4.55. The first kappa shape index (κ1) is 15.3. The van der Waals surface area contributed by atoms with E-state index in [-0.39, 0.29) is 12.5 Å². The average Bonchev–Trinajstić information content (AvgIpc) is 2.40. The zero-order chi connectivity index (χ0) is 14.3. The lowest BCUT2D eigenvalue weighted by molar-refractivity contribution is -0.128. The van der Waals surface area contributed by atoms with Crippen molar-refractivity contribution < 1.29 is 4.79 Å². The Kier molecular flexibility index (Phi) is 6.16. The lowest BCUT2D eigenvalue weighted by Crippen LogP contribution is -2.35. The molecule has 1 aromatic carbocycles. The third-order valence-electron chi connectivity index (χ3n) is 2.75. The number of carbonyl (C=O) groups excluding carboxylic acids is 1. The fourth-order valence-corrected chi connectivity index (χ4v) is 1.85. The molecule has 0 aliphatic heterocycles. The minimum atomic E-state index is -0.000763. The molecule has 3 nitrogen and oxygen atoms in total. The van der Waals surface area contributed by atoms with Crippen LogP contribution in [0.5, 0.6) is 0 Å². The van der Waals surface area contributed by atoms with Crippen molar-refractivity contribution in [3.8, 4) is 0 Å². The predicted octanol–water partition coefficient (Wildman–Crippen LogP) is 3.26. The van der Waals surface area contributed by atoms with E-state index in [0.717, 1.165) is 11.3 Å². The van der Waals surface area contributed by atoms with E-state index in [1.54, 1.807) is 17.1 Å². The molecule has 1 amide bonds. The molecule has 1 aromatic rings. The third kappa shape index (κ3) is 4.45. The van der Waals surface area contributed by atoms with Gasteiger partial charge in [-0.3, -0.25) is 4.79 Å². The summed E-state index contributed by atoms with van der Waals surface area (Å²) in [6.07, 6.45) is 3.40. The summed E-state index contributed by atoms with van der Waals surface area (Å²) in [5.41, 5.74) is 1.81. The third-order valence-corrected chi connectivity index (χ3v) is 3.16. The number of hydrogen-bond acceptors (Lipinski definition) is 2. The molecule has 102 valence electrons.